The zero-order chi connectivity index (χ0) is 18.7. The van der Waals surface area contributed by atoms with Gasteiger partial charge in [0, 0.05) is 37.3 Å². The van der Waals surface area contributed by atoms with Crippen LogP contribution >= 0.6 is 0 Å². The van der Waals surface area contributed by atoms with Crippen molar-refractivity contribution in [2.75, 3.05) is 26.2 Å². The van der Waals surface area contributed by atoms with E-state index in [4.69, 9.17) is 4.74 Å². The Kier molecular flexibility index (Phi) is 5.91. The Balaban J connectivity index is 1.64. The summed E-state index contributed by atoms with van der Waals surface area (Å²) in [5, 5.41) is 0. The molecule has 2 amide bonds. The van der Waals surface area contributed by atoms with Crippen LogP contribution in [0.1, 0.15) is 49.0 Å². The fourth-order valence-corrected chi connectivity index (χ4v) is 3.60. The first kappa shape index (κ1) is 18.8. The Morgan fingerprint density at radius 3 is 2.62 bits per heavy atom. The van der Waals surface area contributed by atoms with E-state index < -0.39 is 0 Å². The number of halogens is 1. The SMILES string of the molecule is CC(C)OCc1cc(C(=O)N2CCC(C(=O)N3CCCC3)C2)ccc1F. The number of rotatable bonds is 5. The highest BCUT2D eigenvalue weighted by Crippen LogP contribution is 2.23. The average Bonchev–Trinajstić information content (AvgIpc) is 3.31. The summed E-state index contributed by atoms with van der Waals surface area (Å²) in [6.45, 7) is 6.59. The van der Waals surface area contributed by atoms with Crippen LogP contribution in [0.5, 0.6) is 0 Å². The second kappa shape index (κ2) is 8.16. The van der Waals surface area contributed by atoms with E-state index >= 15 is 0 Å². The average molecular weight is 362 g/mol. The Morgan fingerprint density at radius 2 is 1.92 bits per heavy atom. The predicted octanol–water partition coefficient (Wildman–Crippen LogP) is 2.84. The van der Waals surface area contributed by atoms with Gasteiger partial charge in [0.2, 0.25) is 5.91 Å². The van der Waals surface area contributed by atoms with Gasteiger partial charge in [-0.05, 0) is 51.3 Å². The van der Waals surface area contributed by atoms with Gasteiger partial charge in [-0.25, -0.2) is 4.39 Å². The van der Waals surface area contributed by atoms with Crippen molar-refractivity contribution in [3.8, 4) is 0 Å². The first-order valence-corrected chi connectivity index (χ1v) is 9.44. The lowest BCUT2D eigenvalue weighted by Gasteiger charge is -2.21. The van der Waals surface area contributed by atoms with Crippen LogP contribution in [0.4, 0.5) is 4.39 Å². The Morgan fingerprint density at radius 1 is 1.19 bits per heavy atom. The molecule has 6 heteroatoms. The van der Waals surface area contributed by atoms with Gasteiger partial charge in [0.05, 0.1) is 18.6 Å². The fraction of sp³-hybridized carbons (Fsp3) is 0.600. The van der Waals surface area contributed by atoms with Crippen LogP contribution in [-0.4, -0.2) is 53.9 Å². The van der Waals surface area contributed by atoms with E-state index in [0.29, 0.717) is 30.6 Å². The van der Waals surface area contributed by atoms with Crippen molar-refractivity contribution in [3.63, 3.8) is 0 Å². The molecule has 0 aromatic heterocycles. The second-order valence-electron chi connectivity index (χ2n) is 7.44. The van der Waals surface area contributed by atoms with Gasteiger partial charge in [0.25, 0.3) is 5.91 Å². The maximum absolute atomic E-state index is 13.9. The molecular formula is C20H27FN2O3. The Bertz CT molecular complexity index is 671. The number of amides is 2. The lowest BCUT2D eigenvalue weighted by Crippen LogP contribution is -2.36. The van der Waals surface area contributed by atoms with E-state index in [-0.39, 0.29) is 36.3 Å². The molecule has 0 aliphatic carbocycles. The first-order valence-electron chi connectivity index (χ1n) is 9.44. The van der Waals surface area contributed by atoms with Crippen LogP contribution in [0.2, 0.25) is 0 Å². The molecule has 1 aromatic rings. The van der Waals surface area contributed by atoms with E-state index in [1.807, 2.05) is 18.7 Å². The molecule has 2 aliphatic heterocycles. The van der Waals surface area contributed by atoms with Crippen LogP contribution in [0.3, 0.4) is 0 Å². The molecule has 1 aromatic carbocycles. The van der Waals surface area contributed by atoms with Crippen molar-refractivity contribution in [3.05, 3.63) is 35.1 Å². The van der Waals surface area contributed by atoms with Gasteiger partial charge in [0.15, 0.2) is 0 Å². The van der Waals surface area contributed by atoms with Gasteiger partial charge in [0.1, 0.15) is 5.82 Å². The maximum Gasteiger partial charge on any atom is 0.253 e. The highest BCUT2D eigenvalue weighted by atomic mass is 19.1. The van der Waals surface area contributed by atoms with E-state index in [1.165, 1.54) is 12.1 Å². The quantitative estimate of drug-likeness (QED) is 0.809. The number of carbonyl (C=O) groups is 2. The van der Waals surface area contributed by atoms with Gasteiger partial charge in [-0.1, -0.05) is 0 Å². The summed E-state index contributed by atoms with van der Waals surface area (Å²) in [5.74, 6) is -0.456. The fourth-order valence-electron chi connectivity index (χ4n) is 3.60. The molecule has 0 spiro atoms. The van der Waals surface area contributed by atoms with Crippen molar-refractivity contribution in [2.45, 2.75) is 45.8 Å². The smallest absolute Gasteiger partial charge is 0.253 e. The molecule has 0 radical (unpaired) electrons. The van der Waals surface area contributed by atoms with Crippen molar-refractivity contribution in [2.24, 2.45) is 5.92 Å². The van der Waals surface area contributed by atoms with E-state index in [2.05, 4.69) is 0 Å². The molecule has 5 nitrogen and oxygen atoms in total. The van der Waals surface area contributed by atoms with Crippen LogP contribution in [0.15, 0.2) is 18.2 Å². The van der Waals surface area contributed by atoms with Crippen LogP contribution in [0, 0.1) is 11.7 Å². The minimum absolute atomic E-state index is 0.00954. The molecule has 2 heterocycles. The topological polar surface area (TPSA) is 49.9 Å². The van der Waals surface area contributed by atoms with Gasteiger partial charge >= 0.3 is 0 Å². The summed E-state index contributed by atoms with van der Waals surface area (Å²) < 4.78 is 19.4. The molecule has 1 unspecified atom stereocenters. The van der Waals surface area contributed by atoms with E-state index in [1.54, 1.807) is 11.0 Å². The second-order valence-corrected chi connectivity index (χ2v) is 7.44. The van der Waals surface area contributed by atoms with Crippen molar-refractivity contribution >= 4 is 11.8 Å². The number of nitrogens with zero attached hydrogens (tertiary/aromatic N) is 2. The monoisotopic (exact) mass is 362 g/mol. The molecule has 0 N–H and O–H groups in total. The summed E-state index contributed by atoms with van der Waals surface area (Å²) in [4.78, 5) is 28.9. The maximum atomic E-state index is 13.9. The normalized spacial score (nSPS) is 20.2. The highest BCUT2D eigenvalue weighted by Gasteiger charge is 2.34. The first-order chi connectivity index (χ1) is 12.5. The predicted molar refractivity (Wildman–Crippen MR) is 96.1 cm³/mol. The van der Waals surface area contributed by atoms with Crippen molar-refractivity contribution in [1.82, 2.24) is 9.80 Å². The van der Waals surface area contributed by atoms with Gasteiger partial charge < -0.3 is 14.5 Å². The number of hydrogen-bond acceptors (Lipinski definition) is 3. The summed E-state index contributed by atoms with van der Waals surface area (Å²) in [6, 6.07) is 4.39. The number of likely N-dealkylation sites (tertiary alicyclic amines) is 2. The van der Waals surface area contributed by atoms with Crippen LogP contribution in [0.25, 0.3) is 0 Å². The van der Waals surface area contributed by atoms with Gasteiger partial charge in [-0.15, -0.1) is 0 Å². The van der Waals surface area contributed by atoms with Gasteiger partial charge in [-0.2, -0.15) is 0 Å². The molecule has 2 aliphatic rings. The molecule has 2 fully saturated rings. The molecular weight excluding hydrogens is 335 g/mol. The standard InChI is InChI=1S/C20H27FN2O3/c1-14(2)26-13-17-11-15(5-6-18(17)21)19(24)23-10-7-16(12-23)20(25)22-8-3-4-9-22/h5-6,11,14,16H,3-4,7-10,12-13H2,1-2H3. The molecule has 142 valence electrons. The molecule has 3 rings (SSSR count). The van der Waals surface area contributed by atoms with Gasteiger partial charge in [-0.3, -0.25) is 9.59 Å². The molecule has 26 heavy (non-hydrogen) atoms. The van der Waals surface area contributed by atoms with E-state index in [9.17, 15) is 14.0 Å². The number of benzene rings is 1. The minimum atomic E-state index is -0.370. The van der Waals surface area contributed by atoms with Crippen LogP contribution in [-0.2, 0) is 16.1 Å². The summed E-state index contributed by atoms with van der Waals surface area (Å²) in [6.07, 6.45) is 2.83. The number of hydrogen-bond donors (Lipinski definition) is 0. The van der Waals surface area contributed by atoms with Crippen LogP contribution < -0.4 is 0 Å². The third-order valence-electron chi connectivity index (χ3n) is 5.11. The minimum Gasteiger partial charge on any atom is -0.374 e. The Labute approximate surface area is 154 Å². The third kappa shape index (κ3) is 4.23. The molecule has 0 bridgehead atoms. The molecule has 2 saturated heterocycles. The summed E-state index contributed by atoms with van der Waals surface area (Å²) in [5.41, 5.74) is 0.830. The zero-order valence-corrected chi connectivity index (χ0v) is 15.5. The Hall–Kier alpha value is -1.95. The summed E-state index contributed by atoms with van der Waals surface area (Å²) in [7, 11) is 0. The lowest BCUT2D eigenvalue weighted by molar-refractivity contribution is -0.133. The summed E-state index contributed by atoms with van der Waals surface area (Å²) >= 11 is 0. The number of carbonyl (C=O) groups excluding carboxylic acids is 2. The van der Waals surface area contributed by atoms with E-state index in [0.717, 1.165) is 25.9 Å². The lowest BCUT2D eigenvalue weighted by atomic mass is 10.1. The zero-order valence-electron chi connectivity index (χ0n) is 15.5. The van der Waals surface area contributed by atoms with Crippen molar-refractivity contribution in [1.29, 1.82) is 0 Å². The number of ether oxygens (including phenoxy) is 1. The molecule has 0 saturated carbocycles. The highest BCUT2D eigenvalue weighted by molar-refractivity contribution is 5.95. The third-order valence-corrected chi connectivity index (χ3v) is 5.11. The van der Waals surface area contributed by atoms with Crippen molar-refractivity contribution < 1.29 is 18.7 Å². The molecule has 1 atom stereocenters. The largest absolute Gasteiger partial charge is 0.374 e.